The van der Waals surface area contributed by atoms with Crippen LogP contribution in [0.4, 0.5) is 0 Å². The van der Waals surface area contributed by atoms with Gasteiger partial charge in [0.15, 0.2) is 0 Å². The number of rotatable bonds is 6. The SMILES string of the molecule is O=C(CCc1ccc(C(=O)O)cc1)NCC1CCOC1. The lowest BCUT2D eigenvalue weighted by Crippen LogP contribution is -2.29. The van der Waals surface area contributed by atoms with E-state index < -0.39 is 5.97 Å². The van der Waals surface area contributed by atoms with Crippen molar-refractivity contribution in [2.24, 2.45) is 5.92 Å². The Balaban J connectivity index is 1.70. The standard InChI is InChI=1S/C15H19NO4/c17-14(16-9-12-7-8-20-10-12)6-3-11-1-4-13(5-2-11)15(18)19/h1-2,4-5,12H,3,6-10H2,(H,16,17)(H,18,19). The van der Waals surface area contributed by atoms with E-state index in [1.54, 1.807) is 24.3 Å². The van der Waals surface area contributed by atoms with Gasteiger partial charge in [0.25, 0.3) is 0 Å². The van der Waals surface area contributed by atoms with Crippen molar-refractivity contribution in [3.05, 3.63) is 35.4 Å². The van der Waals surface area contributed by atoms with E-state index in [0.29, 0.717) is 25.3 Å². The molecule has 0 saturated carbocycles. The maximum Gasteiger partial charge on any atom is 0.335 e. The Labute approximate surface area is 117 Å². The normalized spacial score (nSPS) is 17.9. The molecule has 0 radical (unpaired) electrons. The van der Waals surface area contributed by atoms with Crippen LogP contribution in [-0.2, 0) is 16.0 Å². The van der Waals surface area contributed by atoms with Gasteiger partial charge in [-0.3, -0.25) is 4.79 Å². The van der Waals surface area contributed by atoms with E-state index in [0.717, 1.165) is 25.2 Å². The number of nitrogens with one attached hydrogen (secondary N) is 1. The molecule has 2 rings (SSSR count). The number of benzene rings is 1. The molecule has 0 spiro atoms. The summed E-state index contributed by atoms with van der Waals surface area (Å²) in [4.78, 5) is 22.4. The summed E-state index contributed by atoms with van der Waals surface area (Å²) in [6, 6.07) is 6.62. The van der Waals surface area contributed by atoms with Crippen LogP contribution in [0.15, 0.2) is 24.3 Å². The van der Waals surface area contributed by atoms with Crippen molar-refractivity contribution in [1.82, 2.24) is 5.32 Å². The second kappa shape index (κ2) is 7.05. The van der Waals surface area contributed by atoms with Crippen LogP contribution in [0.1, 0.15) is 28.8 Å². The Bertz CT molecular complexity index is 463. The molecule has 1 fully saturated rings. The highest BCUT2D eigenvalue weighted by Gasteiger charge is 2.16. The van der Waals surface area contributed by atoms with E-state index in [2.05, 4.69) is 5.32 Å². The van der Waals surface area contributed by atoms with Crippen molar-refractivity contribution in [2.75, 3.05) is 19.8 Å². The minimum atomic E-state index is -0.937. The van der Waals surface area contributed by atoms with E-state index in [1.165, 1.54) is 0 Å². The van der Waals surface area contributed by atoms with Gasteiger partial charge in [0.05, 0.1) is 12.2 Å². The molecule has 1 atom stereocenters. The van der Waals surface area contributed by atoms with Gasteiger partial charge in [-0.05, 0) is 30.5 Å². The lowest BCUT2D eigenvalue weighted by molar-refractivity contribution is -0.121. The van der Waals surface area contributed by atoms with Crippen LogP contribution in [0.2, 0.25) is 0 Å². The molecule has 1 aromatic rings. The van der Waals surface area contributed by atoms with Crippen LogP contribution in [-0.4, -0.2) is 36.7 Å². The van der Waals surface area contributed by atoms with Gasteiger partial charge in [-0.2, -0.15) is 0 Å². The van der Waals surface area contributed by atoms with Gasteiger partial charge < -0.3 is 15.2 Å². The van der Waals surface area contributed by atoms with E-state index in [9.17, 15) is 9.59 Å². The molecule has 1 aromatic carbocycles. The highest BCUT2D eigenvalue weighted by Crippen LogP contribution is 2.11. The molecule has 20 heavy (non-hydrogen) atoms. The number of hydrogen-bond donors (Lipinski definition) is 2. The molecular weight excluding hydrogens is 258 g/mol. The van der Waals surface area contributed by atoms with Crippen LogP contribution in [0.5, 0.6) is 0 Å². The average molecular weight is 277 g/mol. The summed E-state index contributed by atoms with van der Waals surface area (Å²) < 4.78 is 5.25. The van der Waals surface area contributed by atoms with Gasteiger partial charge in [-0.25, -0.2) is 4.79 Å². The Kier molecular flexibility index (Phi) is 5.12. The lowest BCUT2D eigenvalue weighted by atomic mass is 10.1. The minimum absolute atomic E-state index is 0.0270. The molecule has 2 N–H and O–H groups in total. The highest BCUT2D eigenvalue weighted by molar-refractivity contribution is 5.87. The molecular formula is C15H19NO4. The Morgan fingerprint density at radius 2 is 2.05 bits per heavy atom. The smallest absolute Gasteiger partial charge is 0.335 e. The van der Waals surface area contributed by atoms with Gasteiger partial charge >= 0.3 is 5.97 Å². The predicted octanol–water partition coefficient (Wildman–Crippen LogP) is 1.47. The maximum absolute atomic E-state index is 11.7. The fourth-order valence-electron chi connectivity index (χ4n) is 2.16. The van der Waals surface area contributed by atoms with Crippen molar-refractivity contribution in [2.45, 2.75) is 19.3 Å². The Morgan fingerprint density at radius 3 is 2.65 bits per heavy atom. The third-order valence-electron chi connectivity index (χ3n) is 3.45. The minimum Gasteiger partial charge on any atom is -0.478 e. The maximum atomic E-state index is 11.7. The van der Waals surface area contributed by atoms with Crippen molar-refractivity contribution in [1.29, 1.82) is 0 Å². The first-order valence-corrected chi connectivity index (χ1v) is 6.82. The largest absolute Gasteiger partial charge is 0.478 e. The fourth-order valence-corrected chi connectivity index (χ4v) is 2.16. The van der Waals surface area contributed by atoms with Gasteiger partial charge in [-0.15, -0.1) is 0 Å². The van der Waals surface area contributed by atoms with Crippen molar-refractivity contribution in [3.63, 3.8) is 0 Å². The Morgan fingerprint density at radius 1 is 1.30 bits per heavy atom. The number of aromatic carboxylic acids is 1. The summed E-state index contributed by atoms with van der Waals surface area (Å²) >= 11 is 0. The summed E-state index contributed by atoms with van der Waals surface area (Å²) in [7, 11) is 0. The first kappa shape index (κ1) is 14.5. The quantitative estimate of drug-likeness (QED) is 0.825. The van der Waals surface area contributed by atoms with Crippen molar-refractivity contribution >= 4 is 11.9 Å². The molecule has 1 aliphatic heterocycles. The number of carbonyl (C=O) groups is 2. The number of carboxylic acids is 1. The van der Waals surface area contributed by atoms with Crippen LogP contribution in [0, 0.1) is 5.92 Å². The summed E-state index contributed by atoms with van der Waals surface area (Å²) in [5.74, 6) is -0.471. The molecule has 0 aromatic heterocycles. The monoisotopic (exact) mass is 277 g/mol. The number of ether oxygens (including phenoxy) is 1. The fraction of sp³-hybridized carbons (Fsp3) is 0.467. The van der Waals surface area contributed by atoms with E-state index in [-0.39, 0.29) is 11.5 Å². The average Bonchev–Trinajstić information content (AvgIpc) is 2.96. The number of carboxylic acid groups (broad SMARTS) is 1. The van der Waals surface area contributed by atoms with Gasteiger partial charge in [0.2, 0.25) is 5.91 Å². The molecule has 1 unspecified atom stereocenters. The number of amides is 1. The molecule has 0 bridgehead atoms. The van der Waals surface area contributed by atoms with E-state index >= 15 is 0 Å². The van der Waals surface area contributed by atoms with Crippen molar-refractivity contribution < 1.29 is 19.4 Å². The molecule has 5 heteroatoms. The molecule has 1 amide bonds. The van der Waals surface area contributed by atoms with E-state index in [4.69, 9.17) is 9.84 Å². The van der Waals surface area contributed by atoms with Gasteiger partial charge in [0.1, 0.15) is 0 Å². The van der Waals surface area contributed by atoms with Crippen LogP contribution in [0.25, 0.3) is 0 Å². The van der Waals surface area contributed by atoms with Crippen LogP contribution >= 0.6 is 0 Å². The number of hydrogen-bond acceptors (Lipinski definition) is 3. The van der Waals surface area contributed by atoms with Gasteiger partial charge in [-0.1, -0.05) is 12.1 Å². The zero-order valence-corrected chi connectivity index (χ0v) is 11.3. The Hall–Kier alpha value is -1.88. The molecule has 108 valence electrons. The third-order valence-corrected chi connectivity index (χ3v) is 3.45. The second-order valence-electron chi connectivity index (χ2n) is 5.04. The predicted molar refractivity (Wildman–Crippen MR) is 73.7 cm³/mol. The number of aryl methyl sites for hydroxylation is 1. The summed E-state index contributed by atoms with van der Waals surface area (Å²) in [5, 5.41) is 11.7. The zero-order valence-electron chi connectivity index (χ0n) is 11.3. The lowest BCUT2D eigenvalue weighted by Gasteiger charge is -2.09. The van der Waals surface area contributed by atoms with Crippen LogP contribution in [0.3, 0.4) is 0 Å². The summed E-state index contributed by atoms with van der Waals surface area (Å²) in [5.41, 5.74) is 1.23. The summed E-state index contributed by atoms with van der Waals surface area (Å²) in [6.07, 6.45) is 2.05. The first-order chi connectivity index (χ1) is 9.65. The van der Waals surface area contributed by atoms with Crippen LogP contribution < -0.4 is 5.32 Å². The highest BCUT2D eigenvalue weighted by atomic mass is 16.5. The second-order valence-corrected chi connectivity index (χ2v) is 5.04. The molecule has 1 heterocycles. The van der Waals surface area contributed by atoms with Crippen molar-refractivity contribution in [3.8, 4) is 0 Å². The summed E-state index contributed by atoms with van der Waals surface area (Å²) in [6.45, 7) is 2.20. The van der Waals surface area contributed by atoms with Gasteiger partial charge in [0, 0.05) is 25.5 Å². The third kappa shape index (κ3) is 4.35. The molecule has 1 aliphatic rings. The van der Waals surface area contributed by atoms with E-state index in [1.807, 2.05) is 0 Å². The molecule has 5 nitrogen and oxygen atoms in total. The molecule has 1 saturated heterocycles. The zero-order chi connectivity index (χ0) is 14.4. The topological polar surface area (TPSA) is 75.6 Å². The number of carbonyl (C=O) groups excluding carboxylic acids is 1. The molecule has 0 aliphatic carbocycles. The first-order valence-electron chi connectivity index (χ1n) is 6.82.